The Morgan fingerprint density at radius 1 is 1.21 bits per heavy atom. The van der Waals surface area contributed by atoms with Gasteiger partial charge >= 0.3 is 6.01 Å². The van der Waals surface area contributed by atoms with Crippen molar-refractivity contribution in [3.05, 3.63) is 42.3 Å². The lowest BCUT2D eigenvalue weighted by molar-refractivity contribution is 0.552. The summed E-state index contributed by atoms with van der Waals surface area (Å²) in [5.41, 5.74) is 2.04. The summed E-state index contributed by atoms with van der Waals surface area (Å²) < 4.78 is 5.58. The average molecular weight is 259 g/mol. The zero-order valence-electron chi connectivity index (χ0n) is 11.6. The highest BCUT2D eigenvalue weighted by Crippen LogP contribution is 2.23. The van der Waals surface area contributed by atoms with E-state index in [-0.39, 0.29) is 0 Å². The van der Waals surface area contributed by atoms with E-state index in [1.807, 2.05) is 18.2 Å². The minimum atomic E-state index is 0.655. The van der Waals surface area contributed by atoms with E-state index in [0.29, 0.717) is 6.01 Å². The normalized spacial score (nSPS) is 10.6. The Hall–Kier alpha value is -1.81. The van der Waals surface area contributed by atoms with Gasteiger partial charge in [-0.3, -0.25) is 4.90 Å². The monoisotopic (exact) mass is 259 g/mol. The van der Waals surface area contributed by atoms with Gasteiger partial charge in [0.15, 0.2) is 0 Å². The van der Waals surface area contributed by atoms with Gasteiger partial charge in [0.2, 0.25) is 0 Å². The van der Waals surface area contributed by atoms with Crippen LogP contribution in [0.4, 0.5) is 11.7 Å². The summed E-state index contributed by atoms with van der Waals surface area (Å²) in [7, 11) is 0. The third kappa shape index (κ3) is 3.58. The predicted molar refractivity (Wildman–Crippen MR) is 77.6 cm³/mol. The zero-order valence-corrected chi connectivity index (χ0v) is 11.6. The first-order chi connectivity index (χ1) is 9.35. The van der Waals surface area contributed by atoms with Gasteiger partial charge in [0.05, 0.1) is 5.69 Å². The van der Waals surface area contributed by atoms with Crippen LogP contribution >= 0.6 is 0 Å². The Balaban J connectivity index is 2.07. The highest BCUT2D eigenvalue weighted by atomic mass is 16.4. The molecular weight excluding hydrogens is 238 g/mol. The molecule has 1 aromatic heterocycles. The second kappa shape index (κ2) is 6.95. The molecule has 0 aliphatic carbocycles. The van der Waals surface area contributed by atoms with E-state index in [1.165, 1.54) is 0 Å². The number of aromatic nitrogens is 1. The molecule has 4 nitrogen and oxygen atoms in total. The summed E-state index contributed by atoms with van der Waals surface area (Å²) in [5.74, 6) is 0. The summed E-state index contributed by atoms with van der Waals surface area (Å²) in [4.78, 5) is 6.59. The minimum Gasteiger partial charge on any atom is -0.431 e. The lowest BCUT2D eigenvalue weighted by atomic mass is 10.3. The maximum absolute atomic E-state index is 5.58. The van der Waals surface area contributed by atoms with Crippen LogP contribution < -0.4 is 10.2 Å². The van der Waals surface area contributed by atoms with Crippen molar-refractivity contribution < 1.29 is 4.42 Å². The Bertz CT molecular complexity index is 481. The standard InChI is InChI=1S/C15H21N3O/c1-3-10-16-11-13-12-19-15(17-13)18(4-2)14-8-6-5-7-9-14/h5-9,12,16H,3-4,10-11H2,1-2H3. The number of para-hydroxylation sites is 1. The Kier molecular flexibility index (Phi) is 4.98. The molecule has 102 valence electrons. The molecule has 19 heavy (non-hydrogen) atoms. The molecule has 0 atom stereocenters. The van der Waals surface area contributed by atoms with Crippen LogP contribution in [0.2, 0.25) is 0 Å². The Labute approximate surface area is 114 Å². The van der Waals surface area contributed by atoms with E-state index in [1.54, 1.807) is 6.26 Å². The van der Waals surface area contributed by atoms with Crippen LogP contribution in [0.25, 0.3) is 0 Å². The number of hydrogen-bond donors (Lipinski definition) is 1. The maximum atomic E-state index is 5.58. The van der Waals surface area contributed by atoms with Crippen molar-refractivity contribution in [2.75, 3.05) is 18.0 Å². The summed E-state index contributed by atoms with van der Waals surface area (Å²) >= 11 is 0. The topological polar surface area (TPSA) is 41.3 Å². The van der Waals surface area contributed by atoms with E-state index in [0.717, 1.165) is 37.4 Å². The second-order valence-electron chi connectivity index (χ2n) is 4.38. The number of nitrogens with one attached hydrogen (secondary N) is 1. The second-order valence-corrected chi connectivity index (χ2v) is 4.38. The summed E-state index contributed by atoms with van der Waals surface area (Å²) in [6, 6.07) is 10.8. The highest BCUT2D eigenvalue weighted by molar-refractivity contribution is 5.55. The molecule has 0 unspecified atom stereocenters. The highest BCUT2D eigenvalue weighted by Gasteiger charge is 2.12. The van der Waals surface area contributed by atoms with Crippen LogP contribution in [0.5, 0.6) is 0 Å². The molecule has 1 N–H and O–H groups in total. The van der Waals surface area contributed by atoms with Crippen LogP contribution in [0, 0.1) is 0 Å². The number of nitrogens with zero attached hydrogens (tertiary/aromatic N) is 2. The van der Waals surface area contributed by atoms with E-state index in [2.05, 4.69) is 41.2 Å². The minimum absolute atomic E-state index is 0.655. The van der Waals surface area contributed by atoms with Crippen LogP contribution in [0.3, 0.4) is 0 Å². The Morgan fingerprint density at radius 3 is 2.68 bits per heavy atom. The van der Waals surface area contributed by atoms with Gasteiger partial charge in [-0.2, -0.15) is 4.98 Å². The van der Waals surface area contributed by atoms with E-state index < -0.39 is 0 Å². The number of benzene rings is 1. The lowest BCUT2D eigenvalue weighted by Crippen LogP contribution is -2.17. The fourth-order valence-electron chi connectivity index (χ4n) is 1.93. The van der Waals surface area contributed by atoms with E-state index in [4.69, 9.17) is 4.42 Å². The molecule has 2 rings (SSSR count). The van der Waals surface area contributed by atoms with Gasteiger partial charge in [0.1, 0.15) is 6.26 Å². The van der Waals surface area contributed by atoms with Crippen molar-refractivity contribution in [2.45, 2.75) is 26.8 Å². The van der Waals surface area contributed by atoms with Gasteiger partial charge in [0, 0.05) is 18.8 Å². The van der Waals surface area contributed by atoms with Gasteiger partial charge in [-0.05, 0) is 32.0 Å². The average Bonchev–Trinajstić information content (AvgIpc) is 2.90. The molecule has 0 fully saturated rings. The summed E-state index contributed by atoms with van der Waals surface area (Å²) in [6.07, 6.45) is 2.85. The molecule has 0 saturated heterocycles. The van der Waals surface area contributed by atoms with Crippen LogP contribution in [0.1, 0.15) is 26.0 Å². The molecule has 0 spiro atoms. The molecule has 0 radical (unpaired) electrons. The van der Waals surface area contributed by atoms with Crippen molar-refractivity contribution in [3.8, 4) is 0 Å². The number of oxazole rings is 1. The van der Waals surface area contributed by atoms with E-state index >= 15 is 0 Å². The Morgan fingerprint density at radius 2 is 2.00 bits per heavy atom. The molecule has 0 aliphatic heterocycles. The van der Waals surface area contributed by atoms with Gasteiger partial charge in [-0.25, -0.2) is 0 Å². The SMILES string of the molecule is CCCNCc1coc(N(CC)c2ccccc2)n1. The van der Waals surface area contributed by atoms with Gasteiger partial charge in [0.25, 0.3) is 0 Å². The van der Waals surface area contributed by atoms with Crippen LogP contribution in [-0.2, 0) is 6.54 Å². The molecular formula is C15H21N3O. The fourth-order valence-corrected chi connectivity index (χ4v) is 1.93. The first-order valence-corrected chi connectivity index (χ1v) is 6.82. The predicted octanol–water partition coefficient (Wildman–Crippen LogP) is 3.33. The summed E-state index contributed by atoms with van der Waals surface area (Å²) in [6.45, 7) is 6.82. The summed E-state index contributed by atoms with van der Waals surface area (Å²) in [5, 5.41) is 3.32. The fraction of sp³-hybridized carbons (Fsp3) is 0.400. The van der Waals surface area contributed by atoms with Crippen molar-refractivity contribution in [3.63, 3.8) is 0 Å². The van der Waals surface area contributed by atoms with Crippen molar-refractivity contribution in [2.24, 2.45) is 0 Å². The molecule has 4 heteroatoms. The number of anilines is 2. The third-order valence-electron chi connectivity index (χ3n) is 2.89. The lowest BCUT2D eigenvalue weighted by Gasteiger charge is -2.18. The van der Waals surface area contributed by atoms with Gasteiger partial charge in [-0.15, -0.1) is 0 Å². The van der Waals surface area contributed by atoms with Gasteiger partial charge in [-0.1, -0.05) is 25.1 Å². The molecule has 2 aromatic rings. The molecule has 0 bridgehead atoms. The zero-order chi connectivity index (χ0) is 13.5. The quantitative estimate of drug-likeness (QED) is 0.774. The van der Waals surface area contributed by atoms with Crippen molar-refractivity contribution >= 4 is 11.7 Å². The first kappa shape index (κ1) is 13.6. The van der Waals surface area contributed by atoms with Crippen molar-refractivity contribution in [1.82, 2.24) is 10.3 Å². The number of rotatable bonds is 7. The first-order valence-electron chi connectivity index (χ1n) is 6.82. The van der Waals surface area contributed by atoms with Crippen LogP contribution in [-0.4, -0.2) is 18.1 Å². The van der Waals surface area contributed by atoms with Crippen LogP contribution in [0.15, 0.2) is 41.0 Å². The number of hydrogen-bond acceptors (Lipinski definition) is 4. The largest absolute Gasteiger partial charge is 0.431 e. The van der Waals surface area contributed by atoms with Gasteiger partial charge < -0.3 is 9.73 Å². The maximum Gasteiger partial charge on any atom is 0.302 e. The molecule has 0 saturated carbocycles. The van der Waals surface area contributed by atoms with Crippen molar-refractivity contribution in [1.29, 1.82) is 0 Å². The molecule has 0 aliphatic rings. The molecule has 0 amide bonds. The smallest absolute Gasteiger partial charge is 0.302 e. The molecule has 1 heterocycles. The van der Waals surface area contributed by atoms with E-state index in [9.17, 15) is 0 Å². The molecule has 1 aromatic carbocycles. The third-order valence-corrected chi connectivity index (χ3v) is 2.89.